The summed E-state index contributed by atoms with van der Waals surface area (Å²) in [6.07, 6.45) is 0. The van der Waals surface area contributed by atoms with Gasteiger partial charge in [0.25, 0.3) is 0 Å². The molecule has 1 radical (unpaired) electrons. The van der Waals surface area contributed by atoms with Gasteiger partial charge in [0.05, 0.1) is 6.61 Å². The van der Waals surface area contributed by atoms with E-state index in [4.69, 9.17) is 0 Å². The van der Waals surface area contributed by atoms with Crippen molar-refractivity contribution in [2.75, 3.05) is 13.2 Å². The molecule has 0 N–H and O–H groups in total. The van der Waals surface area contributed by atoms with Gasteiger partial charge in [0.2, 0.25) is 0 Å². The number of hydrogen-bond acceptors (Lipinski definition) is 3. The fourth-order valence-electron chi connectivity index (χ4n) is 0.211. The Balaban J connectivity index is 4.26. The molecule has 67 valence electrons. The fourth-order valence-corrected chi connectivity index (χ4v) is 0.632. The Bertz CT molecular complexity index is 205. The molecule has 0 rings (SSSR count). The highest BCUT2D eigenvalue weighted by atomic mass is 32.2. The van der Waals surface area contributed by atoms with E-state index in [-0.39, 0.29) is 0 Å². The number of halogens is 3. The van der Waals surface area contributed by atoms with Crippen molar-refractivity contribution in [3.8, 4) is 0 Å². The molecule has 0 atom stereocenters. The molecule has 0 fully saturated rings. The minimum Gasteiger partial charge on any atom is -0.261 e. The molecule has 0 saturated heterocycles. The van der Waals surface area contributed by atoms with E-state index in [1.54, 1.807) is 0 Å². The smallest absolute Gasteiger partial charge is 0.261 e. The summed E-state index contributed by atoms with van der Waals surface area (Å²) >= 11 is 0. The summed E-state index contributed by atoms with van der Waals surface area (Å²) in [4.78, 5) is 0. The van der Waals surface area contributed by atoms with Crippen molar-refractivity contribution in [2.24, 2.45) is 0 Å². The summed E-state index contributed by atoms with van der Waals surface area (Å²) in [6, 6.07) is 0. The number of hydrogen-bond donors (Lipinski definition) is 0. The van der Waals surface area contributed by atoms with Crippen molar-refractivity contribution in [3.05, 3.63) is 0 Å². The lowest BCUT2D eigenvalue weighted by atomic mass is 10.8. The monoisotopic (exact) mass is 193 g/mol. The predicted molar refractivity (Wildman–Crippen MR) is 26.5 cm³/mol. The first-order valence-corrected chi connectivity index (χ1v) is 3.76. The molecule has 8 heteroatoms. The molecule has 0 aliphatic heterocycles. The van der Waals surface area contributed by atoms with Crippen LogP contribution < -0.4 is 0 Å². The van der Waals surface area contributed by atoms with Crippen LogP contribution in [0.1, 0.15) is 0 Å². The van der Waals surface area contributed by atoms with Crippen LogP contribution in [0.25, 0.3) is 0 Å². The van der Waals surface area contributed by atoms with Gasteiger partial charge in [-0.3, -0.25) is 4.18 Å². The normalized spacial score (nSPS) is 13.5. The molecule has 0 aromatic carbocycles. The van der Waals surface area contributed by atoms with Crippen LogP contribution in [0.5, 0.6) is 0 Å². The van der Waals surface area contributed by atoms with Crippen molar-refractivity contribution in [1.82, 2.24) is 0 Å². The molecular formula is C3H4F3O4S. The highest BCUT2D eigenvalue weighted by Gasteiger charge is 2.47. The van der Waals surface area contributed by atoms with E-state index >= 15 is 0 Å². The van der Waals surface area contributed by atoms with Gasteiger partial charge in [-0.15, -0.1) is 0 Å². The van der Waals surface area contributed by atoms with Crippen molar-refractivity contribution in [2.45, 2.75) is 5.51 Å². The van der Waals surface area contributed by atoms with E-state index in [2.05, 4.69) is 4.18 Å². The van der Waals surface area contributed by atoms with E-state index in [1.807, 2.05) is 0 Å². The highest BCUT2D eigenvalue weighted by molar-refractivity contribution is 7.87. The molecule has 0 aromatic rings. The third-order valence-electron chi connectivity index (χ3n) is 0.605. The largest absolute Gasteiger partial charge is 0.523 e. The van der Waals surface area contributed by atoms with Crippen molar-refractivity contribution in [1.29, 1.82) is 0 Å². The number of alkyl halides is 3. The van der Waals surface area contributed by atoms with Gasteiger partial charge in [-0.2, -0.15) is 21.6 Å². The summed E-state index contributed by atoms with van der Waals surface area (Å²) < 4.78 is 57.2. The van der Waals surface area contributed by atoms with Gasteiger partial charge in [-0.1, -0.05) is 0 Å². The summed E-state index contributed by atoms with van der Waals surface area (Å²) in [7, 11) is -5.56. The van der Waals surface area contributed by atoms with Gasteiger partial charge < -0.3 is 0 Å². The lowest BCUT2D eigenvalue weighted by molar-refractivity contribution is -0.0553. The molecule has 0 spiro atoms. The second-order valence-corrected chi connectivity index (χ2v) is 3.03. The molecule has 0 bridgehead atoms. The average Bonchev–Trinajstić information content (AvgIpc) is 1.81. The third kappa shape index (κ3) is 3.04. The Labute approximate surface area is 60.7 Å². The van der Waals surface area contributed by atoms with E-state index in [9.17, 15) is 26.7 Å². The molecule has 0 saturated carbocycles. The van der Waals surface area contributed by atoms with Gasteiger partial charge in [0, 0.05) is 0 Å². The maximum atomic E-state index is 11.3. The van der Waals surface area contributed by atoms with Crippen molar-refractivity contribution >= 4 is 10.1 Å². The second kappa shape index (κ2) is 3.37. The molecule has 0 aliphatic carbocycles. The van der Waals surface area contributed by atoms with E-state index < -0.39 is 28.8 Å². The van der Waals surface area contributed by atoms with E-state index in [0.29, 0.717) is 0 Å². The predicted octanol–water partition coefficient (Wildman–Crippen LogP) is 0.283. The SMILES string of the molecule is [O]CCOS(=O)(=O)C(F)(F)F. The van der Waals surface area contributed by atoms with Gasteiger partial charge in [-0.05, 0) is 0 Å². The zero-order valence-corrected chi connectivity index (χ0v) is 5.91. The van der Waals surface area contributed by atoms with Crippen LogP contribution in [0.15, 0.2) is 0 Å². The van der Waals surface area contributed by atoms with Gasteiger partial charge in [0.1, 0.15) is 6.61 Å². The molecule has 0 aliphatic rings. The fraction of sp³-hybridized carbons (Fsp3) is 1.00. The maximum absolute atomic E-state index is 11.3. The third-order valence-corrected chi connectivity index (χ3v) is 1.65. The summed E-state index contributed by atoms with van der Waals surface area (Å²) in [6.45, 7) is -2.03. The molecule has 11 heavy (non-hydrogen) atoms. The minimum atomic E-state index is -5.56. The van der Waals surface area contributed by atoms with E-state index in [1.165, 1.54) is 0 Å². The number of rotatable bonds is 3. The Morgan fingerprint density at radius 2 is 1.73 bits per heavy atom. The van der Waals surface area contributed by atoms with Crippen LogP contribution in [0, 0.1) is 0 Å². The van der Waals surface area contributed by atoms with Crippen molar-refractivity contribution in [3.63, 3.8) is 0 Å². The van der Waals surface area contributed by atoms with Gasteiger partial charge in [-0.25, -0.2) is 5.11 Å². The Kier molecular flexibility index (Phi) is 3.27. The first-order valence-electron chi connectivity index (χ1n) is 2.35. The van der Waals surface area contributed by atoms with Crippen molar-refractivity contribution < 1.29 is 30.9 Å². The van der Waals surface area contributed by atoms with Crippen LogP contribution in [0.4, 0.5) is 13.2 Å². The topological polar surface area (TPSA) is 63.3 Å². The summed E-state index contributed by atoms with van der Waals surface area (Å²) in [5, 5.41) is 9.55. The van der Waals surface area contributed by atoms with Crippen LogP contribution in [0.3, 0.4) is 0 Å². The molecule has 0 heterocycles. The van der Waals surface area contributed by atoms with Crippen LogP contribution in [-0.4, -0.2) is 27.1 Å². The zero-order valence-electron chi connectivity index (χ0n) is 5.09. The molecule has 0 unspecified atom stereocenters. The zero-order chi connectivity index (χ0) is 9.12. The summed E-state index contributed by atoms with van der Waals surface area (Å²) in [5.41, 5.74) is -5.44. The molecular weight excluding hydrogens is 189 g/mol. The highest BCUT2D eigenvalue weighted by Crippen LogP contribution is 2.24. The lowest BCUT2D eigenvalue weighted by Crippen LogP contribution is -2.26. The Morgan fingerprint density at radius 1 is 1.27 bits per heavy atom. The lowest BCUT2D eigenvalue weighted by Gasteiger charge is -2.05. The second-order valence-electron chi connectivity index (χ2n) is 1.43. The van der Waals surface area contributed by atoms with Crippen LogP contribution in [-0.2, 0) is 19.4 Å². The molecule has 4 nitrogen and oxygen atoms in total. The Hall–Kier alpha value is -0.340. The molecule has 0 aromatic heterocycles. The van der Waals surface area contributed by atoms with Gasteiger partial charge in [0.15, 0.2) is 0 Å². The average molecular weight is 193 g/mol. The maximum Gasteiger partial charge on any atom is 0.523 e. The van der Waals surface area contributed by atoms with Crippen LogP contribution in [0.2, 0.25) is 0 Å². The van der Waals surface area contributed by atoms with E-state index in [0.717, 1.165) is 0 Å². The van der Waals surface area contributed by atoms with Crippen LogP contribution >= 0.6 is 0 Å². The minimum absolute atomic E-state index is 0.998. The Morgan fingerprint density at radius 3 is 2.00 bits per heavy atom. The quantitative estimate of drug-likeness (QED) is 0.477. The van der Waals surface area contributed by atoms with Gasteiger partial charge >= 0.3 is 15.6 Å². The first-order chi connectivity index (χ1) is 4.81. The first kappa shape index (κ1) is 10.7. The summed E-state index contributed by atoms with van der Waals surface area (Å²) in [5.74, 6) is 0. The standard InChI is InChI=1S/C3H4F3O4S/c4-3(5,6)11(8,9)10-2-1-7/h1-2H2. The molecule has 0 amide bonds.